The number of likely N-dealkylation sites (N-methyl/N-ethyl adjacent to an activating group) is 1. The number of halogens is 1. The van der Waals surface area contributed by atoms with Crippen molar-refractivity contribution in [2.75, 3.05) is 33.1 Å². The molecule has 1 aromatic carbocycles. The Morgan fingerprint density at radius 2 is 1.79 bits per heavy atom. The summed E-state index contributed by atoms with van der Waals surface area (Å²) in [4.78, 5) is 41.7. The van der Waals surface area contributed by atoms with Crippen molar-refractivity contribution in [3.8, 4) is 5.75 Å². The Bertz CT molecular complexity index is 1220. The molecule has 4 atom stereocenters. The molecule has 0 heterocycles. The SMILES string of the molecule is CN(C)c1cc(F)c(O)c2c1C[C@H]1C[C@H]3[C@H](N(C)C)C(=O)C(C(N)=O)=C(O)[C@@]3(O)C(=O)C1=C2O. The smallest absolute Gasteiger partial charge is 0.255 e. The Hall–Kier alpha value is -3.44. The highest BCUT2D eigenvalue weighted by atomic mass is 19.1. The number of carbonyl (C=O) groups is 3. The van der Waals surface area contributed by atoms with Crippen LogP contribution in [0.1, 0.15) is 17.5 Å². The van der Waals surface area contributed by atoms with Gasteiger partial charge in [-0.3, -0.25) is 19.3 Å². The Labute approximate surface area is 194 Å². The van der Waals surface area contributed by atoms with Crippen molar-refractivity contribution in [2.24, 2.45) is 17.6 Å². The van der Waals surface area contributed by atoms with Crippen molar-refractivity contribution in [3.63, 3.8) is 0 Å². The van der Waals surface area contributed by atoms with E-state index in [0.717, 1.165) is 6.07 Å². The van der Waals surface area contributed by atoms with Crippen LogP contribution < -0.4 is 10.6 Å². The number of hydrogen-bond acceptors (Lipinski definition) is 9. The molecule has 1 fully saturated rings. The number of aromatic hydroxyl groups is 1. The predicted molar refractivity (Wildman–Crippen MR) is 119 cm³/mol. The van der Waals surface area contributed by atoms with E-state index in [2.05, 4.69) is 0 Å². The van der Waals surface area contributed by atoms with Crippen LogP contribution in [0.5, 0.6) is 5.75 Å². The molecule has 1 aromatic rings. The van der Waals surface area contributed by atoms with Gasteiger partial charge in [0, 0.05) is 37.3 Å². The van der Waals surface area contributed by atoms with E-state index in [1.807, 2.05) is 0 Å². The van der Waals surface area contributed by atoms with Crippen molar-refractivity contribution in [2.45, 2.75) is 24.5 Å². The van der Waals surface area contributed by atoms with Gasteiger partial charge in [0.1, 0.15) is 17.1 Å². The lowest BCUT2D eigenvalue weighted by atomic mass is 9.57. The van der Waals surface area contributed by atoms with Crippen molar-refractivity contribution in [3.05, 3.63) is 39.9 Å². The molecule has 0 aliphatic heterocycles. The van der Waals surface area contributed by atoms with Gasteiger partial charge in [0.05, 0.1) is 11.6 Å². The van der Waals surface area contributed by atoms with Crippen LogP contribution in [0.15, 0.2) is 23.0 Å². The maximum atomic E-state index is 14.5. The minimum Gasteiger partial charge on any atom is -0.508 e. The highest BCUT2D eigenvalue weighted by molar-refractivity contribution is 6.24. The number of benzene rings is 1. The molecule has 0 spiro atoms. The molecular weight excluding hydrogens is 449 g/mol. The summed E-state index contributed by atoms with van der Waals surface area (Å²) in [6.07, 6.45) is 0.0622. The van der Waals surface area contributed by atoms with E-state index in [-0.39, 0.29) is 24.0 Å². The number of hydrogen-bond donors (Lipinski definition) is 5. The molecule has 3 aliphatic rings. The lowest BCUT2D eigenvalue weighted by molar-refractivity contribution is -0.153. The number of anilines is 1. The van der Waals surface area contributed by atoms with E-state index in [4.69, 9.17) is 5.73 Å². The van der Waals surface area contributed by atoms with Gasteiger partial charge in [0.2, 0.25) is 5.78 Å². The van der Waals surface area contributed by atoms with Crippen LogP contribution >= 0.6 is 0 Å². The number of amides is 1. The number of phenolic OH excluding ortho intramolecular Hbond substituents is 1. The summed E-state index contributed by atoms with van der Waals surface area (Å²) >= 11 is 0. The number of nitrogens with zero attached hydrogens (tertiary/aromatic N) is 2. The molecular formula is C23H26FN3O7. The summed E-state index contributed by atoms with van der Waals surface area (Å²) in [5, 5.41) is 43.7. The van der Waals surface area contributed by atoms with Crippen LogP contribution in [0, 0.1) is 17.7 Å². The van der Waals surface area contributed by atoms with Crippen LogP contribution in [0.2, 0.25) is 0 Å². The number of aliphatic hydroxyl groups excluding tert-OH is 2. The highest BCUT2D eigenvalue weighted by Crippen LogP contribution is 2.53. The van der Waals surface area contributed by atoms with Gasteiger partial charge in [-0.25, -0.2) is 4.39 Å². The van der Waals surface area contributed by atoms with Crippen molar-refractivity contribution < 1.29 is 39.2 Å². The molecule has 34 heavy (non-hydrogen) atoms. The maximum Gasteiger partial charge on any atom is 0.255 e. The number of aliphatic hydroxyl groups is 3. The van der Waals surface area contributed by atoms with E-state index >= 15 is 0 Å². The van der Waals surface area contributed by atoms with Crippen LogP contribution in [-0.2, 0) is 20.8 Å². The minimum atomic E-state index is -2.72. The van der Waals surface area contributed by atoms with Gasteiger partial charge in [-0.15, -0.1) is 0 Å². The molecule has 1 saturated carbocycles. The van der Waals surface area contributed by atoms with Gasteiger partial charge in [-0.1, -0.05) is 0 Å². The van der Waals surface area contributed by atoms with Crippen molar-refractivity contribution in [1.82, 2.24) is 4.90 Å². The minimum absolute atomic E-state index is 0.0310. The first-order valence-electron chi connectivity index (χ1n) is 10.6. The van der Waals surface area contributed by atoms with Crippen LogP contribution in [-0.4, -0.2) is 82.6 Å². The van der Waals surface area contributed by atoms with Crippen molar-refractivity contribution >= 4 is 28.9 Å². The van der Waals surface area contributed by atoms with Crippen LogP contribution in [0.3, 0.4) is 0 Å². The molecule has 0 unspecified atom stereocenters. The molecule has 6 N–H and O–H groups in total. The van der Waals surface area contributed by atoms with E-state index in [1.54, 1.807) is 19.0 Å². The molecule has 182 valence electrons. The van der Waals surface area contributed by atoms with Crippen LogP contribution in [0.4, 0.5) is 10.1 Å². The summed E-state index contributed by atoms with van der Waals surface area (Å²) in [7, 11) is 6.36. The zero-order valence-corrected chi connectivity index (χ0v) is 19.1. The number of nitrogens with two attached hydrogens (primary N) is 1. The number of phenols is 1. The highest BCUT2D eigenvalue weighted by Gasteiger charge is 2.64. The average molecular weight is 475 g/mol. The standard InChI is InChI=1S/C23H26FN3O7/c1-26(2)12-7-11(24)17(28)14-9(12)5-8-6-10-16(27(3)4)19(30)15(22(25)33)21(32)23(10,34)20(31)13(8)18(14)29/h7-8,10,16,28-29,32,34H,5-6H2,1-4H3,(H2,25,33)/t8-,10-,16-,23-/m0/s1. The second-order valence-corrected chi connectivity index (χ2v) is 9.44. The van der Waals surface area contributed by atoms with E-state index in [9.17, 15) is 39.2 Å². The number of ketones is 2. The summed E-state index contributed by atoms with van der Waals surface area (Å²) in [6.45, 7) is 0. The maximum absolute atomic E-state index is 14.5. The number of fused-ring (bicyclic) bond motifs is 3. The van der Waals surface area contributed by atoms with Gasteiger partial charge in [0.25, 0.3) is 5.91 Å². The average Bonchev–Trinajstić information content (AvgIpc) is 2.72. The van der Waals surface area contributed by atoms with Gasteiger partial charge in [-0.05, 0) is 38.4 Å². The zero-order chi connectivity index (χ0) is 25.4. The van der Waals surface area contributed by atoms with Gasteiger partial charge in [0.15, 0.2) is 23.0 Å². The molecule has 4 rings (SSSR count). The lowest BCUT2D eigenvalue weighted by Gasteiger charge is -2.50. The molecule has 0 aromatic heterocycles. The summed E-state index contributed by atoms with van der Waals surface area (Å²) in [5.41, 5.74) is 1.85. The summed E-state index contributed by atoms with van der Waals surface area (Å²) < 4.78 is 14.5. The zero-order valence-electron chi connectivity index (χ0n) is 19.1. The van der Waals surface area contributed by atoms with E-state index < -0.39 is 69.6 Å². The Morgan fingerprint density at radius 3 is 2.32 bits per heavy atom. The van der Waals surface area contributed by atoms with Crippen LogP contribution in [0.25, 0.3) is 5.76 Å². The molecule has 0 bridgehead atoms. The lowest BCUT2D eigenvalue weighted by Crippen LogP contribution is -2.65. The number of carbonyl (C=O) groups excluding carboxylic acids is 3. The van der Waals surface area contributed by atoms with Gasteiger partial charge < -0.3 is 31.1 Å². The molecule has 0 saturated heterocycles. The molecule has 3 aliphatic carbocycles. The fraction of sp³-hybridized carbons (Fsp3) is 0.435. The first-order valence-corrected chi connectivity index (χ1v) is 10.6. The number of rotatable bonds is 3. The third-order valence-electron chi connectivity index (χ3n) is 7.13. The van der Waals surface area contributed by atoms with E-state index in [1.165, 1.54) is 19.0 Å². The molecule has 11 heteroatoms. The molecule has 10 nitrogen and oxygen atoms in total. The quantitative estimate of drug-likeness (QED) is 0.383. The summed E-state index contributed by atoms with van der Waals surface area (Å²) in [5.74, 6) is -8.90. The third kappa shape index (κ3) is 2.90. The predicted octanol–water partition coefficient (Wildman–Crippen LogP) is 0.169. The monoisotopic (exact) mass is 475 g/mol. The number of Topliss-reactive ketones (excluding diaryl/α,β-unsaturated/α-hetero) is 2. The first kappa shape index (κ1) is 23.7. The Balaban J connectivity index is 2.01. The first-order chi connectivity index (χ1) is 15.7. The van der Waals surface area contributed by atoms with E-state index in [0.29, 0.717) is 11.3 Å². The second kappa shape index (κ2) is 7.54. The van der Waals surface area contributed by atoms with Gasteiger partial charge >= 0.3 is 0 Å². The topological polar surface area (TPSA) is 165 Å². The summed E-state index contributed by atoms with van der Waals surface area (Å²) in [6, 6.07) is -0.0409. The third-order valence-corrected chi connectivity index (χ3v) is 7.13. The van der Waals surface area contributed by atoms with Crippen molar-refractivity contribution in [1.29, 1.82) is 0 Å². The molecule has 1 amide bonds. The number of primary amides is 1. The Kier molecular flexibility index (Phi) is 5.26. The Morgan fingerprint density at radius 1 is 1.18 bits per heavy atom. The fourth-order valence-electron chi connectivity index (χ4n) is 5.66. The second-order valence-electron chi connectivity index (χ2n) is 9.44. The van der Waals surface area contributed by atoms with Gasteiger partial charge in [-0.2, -0.15) is 0 Å². The normalized spacial score (nSPS) is 28.6. The largest absolute Gasteiger partial charge is 0.508 e. The molecule has 0 radical (unpaired) electrons. The fourth-order valence-corrected chi connectivity index (χ4v) is 5.66.